The van der Waals surface area contributed by atoms with E-state index in [1.165, 1.54) is 10.6 Å². The van der Waals surface area contributed by atoms with Crippen molar-refractivity contribution in [2.24, 2.45) is 0 Å². The summed E-state index contributed by atoms with van der Waals surface area (Å²) in [7, 11) is -3.09. The van der Waals surface area contributed by atoms with Crippen LogP contribution in [0.1, 0.15) is 13.8 Å². The summed E-state index contributed by atoms with van der Waals surface area (Å²) >= 11 is 0. The summed E-state index contributed by atoms with van der Waals surface area (Å²) < 4.78 is 24.3. The SMILES string of the molecule is CC(CO)N1CCN(S(C)(=O)=O)[C@H](C)C1. The number of nitrogens with zero attached hydrogens (tertiary/aromatic N) is 2. The summed E-state index contributed by atoms with van der Waals surface area (Å²) in [5.74, 6) is 0. The summed E-state index contributed by atoms with van der Waals surface area (Å²) in [5, 5.41) is 9.03. The summed E-state index contributed by atoms with van der Waals surface area (Å²) in [6.45, 7) is 5.87. The van der Waals surface area contributed by atoms with E-state index in [0.29, 0.717) is 19.6 Å². The lowest BCUT2D eigenvalue weighted by atomic mass is 10.2. The van der Waals surface area contributed by atoms with E-state index >= 15 is 0 Å². The van der Waals surface area contributed by atoms with Crippen LogP contribution in [0.2, 0.25) is 0 Å². The smallest absolute Gasteiger partial charge is 0.211 e. The molecule has 6 heteroatoms. The van der Waals surface area contributed by atoms with Crippen LogP contribution in [0.5, 0.6) is 0 Å². The van der Waals surface area contributed by atoms with Crippen molar-refractivity contribution in [1.82, 2.24) is 9.21 Å². The molecule has 1 aliphatic heterocycles. The predicted octanol–water partition coefficient (Wildman–Crippen LogP) is -0.667. The van der Waals surface area contributed by atoms with Gasteiger partial charge in [-0.15, -0.1) is 0 Å². The van der Waals surface area contributed by atoms with Crippen molar-refractivity contribution in [3.8, 4) is 0 Å². The Morgan fingerprint density at radius 2 is 2.07 bits per heavy atom. The highest BCUT2D eigenvalue weighted by Gasteiger charge is 2.31. The molecule has 1 fully saturated rings. The fraction of sp³-hybridized carbons (Fsp3) is 1.00. The average molecular weight is 236 g/mol. The van der Waals surface area contributed by atoms with Crippen molar-refractivity contribution < 1.29 is 13.5 Å². The molecule has 1 rings (SSSR count). The van der Waals surface area contributed by atoms with E-state index in [-0.39, 0.29) is 18.7 Å². The summed E-state index contributed by atoms with van der Waals surface area (Å²) in [6.07, 6.45) is 1.24. The van der Waals surface area contributed by atoms with E-state index in [9.17, 15) is 8.42 Å². The molecule has 0 bridgehead atoms. The van der Waals surface area contributed by atoms with Gasteiger partial charge in [0.1, 0.15) is 0 Å². The molecule has 15 heavy (non-hydrogen) atoms. The maximum Gasteiger partial charge on any atom is 0.211 e. The maximum atomic E-state index is 11.4. The van der Waals surface area contributed by atoms with Gasteiger partial charge in [0.15, 0.2) is 0 Å². The molecule has 0 saturated carbocycles. The highest BCUT2D eigenvalue weighted by atomic mass is 32.2. The second kappa shape index (κ2) is 4.78. The second-order valence-electron chi connectivity index (χ2n) is 4.25. The van der Waals surface area contributed by atoms with E-state index in [1.54, 1.807) is 0 Å². The van der Waals surface area contributed by atoms with Crippen molar-refractivity contribution in [2.75, 3.05) is 32.5 Å². The molecule has 0 amide bonds. The van der Waals surface area contributed by atoms with Crippen LogP contribution in [0.3, 0.4) is 0 Å². The van der Waals surface area contributed by atoms with Crippen LogP contribution in [0.4, 0.5) is 0 Å². The molecular weight excluding hydrogens is 216 g/mol. The summed E-state index contributed by atoms with van der Waals surface area (Å²) in [4.78, 5) is 2.12. The van der Waals surface area contributed by atoms with E-state index in [4.69, 9.17) is 5.11 Å². The molecule has 0 spiro atoms. The predicted molar refractivity (Wildman–Crippen MR) is 59.1 cm³/mol. The monoisotopic (exact) mass is 236 g/mol. The molecule has 1 saturated heterocycles. The normalized spacial score (nSPS) is 27.9. The van der Waals surface area contributed by atoms with Gasteiger partial charge in [-0.2, -0.15) is 4.31 Å². The van der Waals surface area contributed by atoms with Gasteiger partial charge < -0.3 is 5.11 Å². The molecule has 1 heterocycles. The third-order valence-electron chi connectivity index (χ3n) is 2.91. The Morgan fingerprint density at radius 1 is 1.47 bits per heavy atom. The van der Waals surface area contributed by atoms with Crippen LogP contribution < -0.4 is 0 Å². The fourth-order valence-electron chi connectivity index (χ4n) is 1.98. The van der Waals surface area contributed by atoms with E-state index < -0.39 is 10.0 Å². The Balaban J connectivity index is 2.63. The zero-order chi connectivity index (χ0) is 11.6. The fourth-order valence-corrected chi connectivity index (χ4v) is 3.11. The largest absolute Gasteiger partial charge is 0.395 e. The Morgan fingerprint density at radius 3 is 2.47 bits per heavy atom. The molecule has 0 radical (unpaired) electrons. The van der Waals surface area contributed by atoms with Gasteiger partial charge in [-0.3, -0.25) is 4.90 Å². The van der Waals surface area contributed by atoms with Crippen LogP contribution in [-0.4, -0.2) is 67.3 Å². The van der Waals surface area contributed by atoms with Gasteiger partial charge in [0.05, 0.1) is 12.9 Å². The molecular formula is C9H20N2O3S. The molecule has 1 N–H and O–H groups in total. The quantitative estimate of drug-likeness (QED) is 0.706. The number of rotatable bonds is 3. The van der Waals surface area contributed by atoms with Gasteiger partial charge >= 0.3 is 0 Å². The zero-order valence-corrected chi connectivity index (χ0v) is 10.4. The van der Waals surface area contributed by atoms with Crippen molar-refractivity contribution in [3.63, 3.8) is 0 Å². The number of hydrogen-bond donors (Lipinski definition) is 1. The molecule has 1 aliphatic rings. The third kappa shape index (κ3) is 3.14. The molecule has 5 nitrogen and oxygen atoms in total. The molecule has 0 aliphatic carbocycles. The van der Waals surface area contributed by atoms with Gasteiger partial charge in [0.25, 0.3) is 0 Å². The van der Waals surface area contributed by atoms with Gasteiger partial charge in [-0.05, 0) is 13.8 Å². The van der Waals surface area contributed by atoms with Gasteiger partial charge in [0.2, 0.25) is 10.0 Å². The first-order valence-corrected chi connectivity index (χ1v) is 7.02. The average Bonchev–Trinajstić information content (AvgIpc) is 2.14. The Bertz CT molecular complexity index is 304. The van der Waals surface area contributed by atoms with Crippen molar-refractivity contribution in [2.45, 2.75) is 25.9 Å². The lowest BCUT2D eigenvalue weighted by molar-refractivity contribution is 0.0768. The molecule has 0 aromatic carbocycles. The number of piperazine rings is 1. The van der Waals surface area contributed by atoms with Crippen LogP contribution >= 0.6 is 0 Å². The topological polar surface area (TPSA) is 60.9 Å². The van der Waals surface area contributed by atoms with Gasteiger partial charge in [-0.1, -0.05) is 0 Å². The highest BCUT2D eigenvalue weighted by molar-refractivity contribution is 7.88. The Labute approximate surface area is 91.7 Å². The minimum atomic E-state index is -3.09. The standard InChI is InChI=1S/C9H20N2O3S/c1-8-6-10(9(2)7-12)4-5-11(8)15(3,13)14/h8-9,12H,4-7H2,1-3H3/t8-,9?/m1/s1. The van der Waals surface area contributed by atoms with Gasteiger partial charge in [-0.25, -0.2) is 8.42 Å². The maximum absolute atomic E-state index is 11.4. The molecule has 90 valence electrons. The van der Waals surface area contributed by atoms with E-state index in [1.807, 2.05) is 13.8 Å². The van der Waals surface area contributed by atoms with Crippen LogP contribution in [-0.2, 0) is 10.0 Å². The number of hydrogen-bond acceptors (Lipinski definition) is 4. The first-order chi connectivity index (χ1) is 6.86. The first-order valence-electron chi connectivity index (χ1n) is 5.18. The summed E-state index contributed by atoms with van der Waals surface area (Å²) in [6, 6.07) is 0.0944. The van der Waals surface area contributed by atoms with E-state index in [2.05, 4.69) is 4.90 Å². The number of sulfonamides is 1. The van der Waals surface area contributed by atoms with Crippen LogP contribution in [0.25, 0.3) is 0 Å². The number of aliphatic hydroxyl groups is 1. The van der Waals surface area contributed by atoms with Crippen molar-refractivity contribution in [1.29, 1.82) is 0 Å². The molecule has 1 unspecified atom stereocenters. The van der Waals surface area contributed by atoms with Gasteiger partial charge in [0, 0.05) is 31.7 Å². The van der Waals surface area contributed by atoms with E-state index in [0.717, 1.165) is 0 Å². The first kappa shape index (κ1) is 12.9. The van der Waals surface area contributed by atoms with Crippen molar-refractivity contribution in [3.05, 3.63) is 0 Å². The molecule has 0 aromatic heterocycles. The third-order valence-corrected chi connectivity index (χ3v) is 4.31. The zero-order valence-electron chi connectivity index (χ0n) is 9.55. The lowest BCUT2D eigenvalue weighted by Gasteiger charge is -2.40. The number of aliphatic hydroxyl groups excluding tert-OH is 1. The highest BCUT2D eigenvalue weighted by Crippen LogP contribution is 2.14. The minimum absolute atomic E-state index is 0.0113. The van der Waals surface area contributed by atoms with Crippen LogP contribution in [0.15, 0.2) is 0 Å². The van der Waals surface area contributed by atoms with Crippen LogP contribution in [0, 0.1) is 0 Å². The van der Waals surface area contributed by atoms with Crippen molar-refractivity contribution >= 4 is 10.0 Å². The lowest BCUT2D eigenvalue weighted by Crippen LogP contribution is -2.56. The Kier molecular flexibility index (Phi) is 4.11. The summed E-state index contributed by atoms with van der Waals surface area (Å²) in [5.41, 5.74) is 0. The Hall–Kier alpha value is -0.170. The second-order valence-corrected chi connectivity index (χ2v) is 6.18. The molecule has 0 aromatic rings. The molecule has 2 atom stereocenters. The minimum Gasteiger partial charge on any atom is -0.395 e.